The molecule has 3 rings (SSSR count). The van der Waals surface area contributed by atoms with E-state index in [0.29, 0.717) is 11.4 Å². The summed E-state index contributed by atoms with van der Waals surface area (Å²) in [6, 6.07) is 14.9. The first-order chi connectivity index (χ1) is 9.78. The monoisotopic (exact) mass is 266 g/mol. The summed E-state index contributed by atoms with van der Waals surface area (Å²) in [5.41, 5.74) is 7.20. The van der Waals surface area contributed by atoms with E-state index < -0.39 is 0 Å². The molecule has 0 spiro atoms. The molecule has 0 bridgehead atoms. The van der Waals surface area contributed by atoms with E-state index in [-0.39, 0.29) is 0 Å². The number of nitrogens with two attached hydrogens (primary N) is 1. The average Bonchev–Trinajstić information content (AvgIpc) is 2.47. The standard InChI is InChI=1S/C16H14N2O2/c1-19-15-7-3-6-13-14(8-9-18-16(13)15)20-12-5-2-4-11(17)10-12/h2-10H,17H2,1H3. The molecule has 2 aromatic carbocycles. The van der Waals surface area contributed by atoms with Gasteiger partial charge in [0.05, 0.1) is 7.11 Å². The van der Waals surface area contributed by atoms with Gasteiger partial charge in [0, 0.05) is 23.3 Å². The van der Waals surface area contributed by atoms with Gasteiger partial charge in [-0.25, -0.2) is 0 Å². The topological polar surface area (TPSA) is 57.4 Å². The van der Waals surface area contributed by atoms with Crippen molar-refractivity contribution < 1.29 is 9.47 Å². The molecule has 20 heavy (non-hydrogen) atoms. The Morgan fingerprint density at radius 2 is 1.85 bits per heavy atom. The number of hydrogen-bond acceptors (Lipinski definition) is 4. The lowest BCUT2D eigenvalue weighted by molar-refractivity contribution is 0.418. The van der Waals surface area contributed by atoms with Crippen molar-refractivity contribution in [1.29, 1.82) is 0 Å². The average molecular weight is 266 g/mol. The van der Waals surface area contributed by atoms with Crippen molar-refractivity contribution in [3.05, 3.63) is 54.7 Å². The fourth-order valence-corrected chi connectivity index (χ4v) is 2.08. The number of nitrogens with zero attached hydrogens (tertiary/aromatic N) is 1. The van der Waals surface area contributed by atoms with E-state index in [1.807, 2.05) is 42.5 Å². The van der Waals surface area contributed by atoms with Gasteiger partial charge in [-0.1, -0.05) is 12.1 Å². The van der Waals surface area contributed by atoms with Crippen LogP contribution in [-0.4, -0.2) is 12.1 Å². The maximum Gasteiger partial charge on any atom is 0.145 e. The molecule has 0 fully saturated rings. The summed E-state index contributed by atoms with van der Waals surface area (Å²) in [6.45, 7) is 0. The molecule has 0 saturated heterocycles. The smallest absolute Gasteiger partial charge is 0.145 e. The molecule has 4 nitrogen and oxygen atoms in total. The lowest BCUT2D eigenvalue weighted by Crippen LogP contribution is -1.91. The Morgan fingerprint density at radius 3 is 2.65 bits per heavy atom. The molecule has 1 heterocycles. The second-order valence-electron chi connectivity index (χ2n) is 4.34. The molecule has 0 aliphatic carbocycles. The maximum absolute atomic E-state index is 5.90. The van der Waals surface area contributed by atoms with Gasteiger partial charge in [0.25, 0.3) is 0 Å². The number of anilines is 1. The number of methoxy groups -OCH3 is 1. The van der Waals surface area contributed by atoms with Crippen molar-refractivity contribution in [3.63, 3.8) is 0 Å². The quantitative estimate of drug-likeness (QED) is 0.736. The second-order valence-corrected chi connectivity index (χ2v) is 4.34. The summed E-state index contributed by atoms with van der Waals surface area (Å²) >= 11 is 0. The lowest BCUT2D eigenvalue weighted by atomic mass is 10.2. The Kier molecular flexibility index (Phi) is 3.13. The van der Waals surface area contributed by atoms with Gasteiger partial charge in [0.15, 0.2) is 0 Å². The molecule has 0 saturated carbocycles. The number of hydrogen-bond donors (Lipinski definition) is 1. The second kappa shape index (κ2) is 5.09. The lowest BCUT2D eigenvalue weighted by Gasteiger charge is -2.10. The van der Waals surface area contributed by atoms with Crippen molar-refractivity contribution in [2.45, 2.75) is 0 Å². The number of fused-ring (bicyclic) bond motifs is 1. The highest BCUT2D eigenvalue weighted by atomic mass is 16.5. The van der Waals surface area contributed by atoms with E-state index in [9.17, 15) is 0 Å². The van der Waals surface area contributed by atoms with Gasteiger partial charge in [-0.15, -0.1) is 0 Å². The van der Waals surface area contributed by atoms with Gasteiger partial charge < -0.3 is 15.2 Å². The summed E-state index contributed by atoms with van der Waals surface area (Å²) in [5, 5.41) is 0.897. The molecular formula is C16H14N2O2. The molecule has 0 radical (unpaired) electrons. The van der Waals surface area contributed by atoms with Crippen molar-refractivity contribution >= 4 is 16.6 Å². The molecule has 1 aromatic heterocycles. The first kappa shape index (κ1) is 12.3. The van der Waals surface area contributed by atoms with Crippen LogP contribution in [0.15, 0.2) is 54.7 Å². The predicted octanol–water partition coefficient (Wildman–Crippen LogP) is 3.62. The summed E-state index contributed by atoms with van der Waals surface area (Å²) in [5.74, 6) is 2.14. The number of nitrogen functional groups attached to an aromatic ring is 1. The zero-order valence-electron chi connectivity index (χ0n) is 11.0. The molecular weight excluding hydrogens is 252 g/mol. The summed E-state index contributed by atoms with van der Waals surface area (Å²) < 4.78 is 11.2. The molecule has 0 amide bonds. The van der Waals surface area contributed by atoms with E-state index in [1.54, 1.807) is 19.4 Å². The third-order valence-electron chi connectivity index (χ3n) is 3.00. The van der Waals surface area contributed by atoms with Crippen LogP contribution in [-0.2, 0) is 0 Å². The predicted molar refractivity (Wildman–Crippen MR) is 79.2 cm³/mol. The van der Waals surface area contributed by atoms with E-state index in [0.717, 1.165) is 22.4 Å². The first-order valence-corrected chi connectivity index (χ1v) is 6.23. The molecule has 4 heteroatoms. The fourth-order valence-electron chi connectivity index (χ4n) is 2.08. The van der Waals surface area contributed by atoms with Gasteiger partial charge in [0.1, 0.15) is 22.8 Å². The Bertz CT molecular complexity index is 756. The third-order valence-corrected chi connectivity index (χ3v) is 3.00. The molecule has 2 N–H and O–H groups in total. The van der Waals surface area contributed by atoms with E-state index in [4.69, 9.17) is 15.2 Å². The van der Waals surface area contributed by atoms with Crippen LogP contribution < -0.4 is 15.2 Å². The molecule has 0 unspecified atom stereocenters. The Hall–Kier alpha value is -2.75. The SMILES string of the molecule is COc1cccc2c(Oc3cccc(N)c3)ccnc12. The zero-order chi connectivity index (χ0) is 13.9. The van der Waals surface area contributed by atoms with Crippen LogP contribution >= 0.6 is 0 Å². The zero-order valence-corrected chi connectivity index (χ0v) is 11.0. The maximum atomic E-state index is 5.90. The highest BCUT2D eigenvalue weighted by molar-refractivity contribution is 5.89. The summed E-state index contributed by atoms with van der Waals surface area (Å²) in [4.78, 5) is 4.34. The minimum atomic E-state index is 0.665. The first-order valence-electron chi connectivity index (χ1n) is 6.23. The molecule has 100 valence electrons. The third kappa shape index (κ3) is 2.23. The number of rotatable bonds is 3. The molecule has 0 atom stereocenters. The van der Waals surface area contributed by atoms with Crippen LogP contribution in [0.25, 0.3) is 10.9 Å². The van der Waals surface area contributed by atoms with Crippen molar-refractivity contribution in [2.75, 3.05) is 12.8 Å². The van der Waals surface area contributed by atoms with E-state index in [2.05, 4.69) is 4.98 Å². The largest absolute Gasteiger partial charge is 0.494 e. The Morgan fingerprint density at radius 1 is 1.00 bits per heavy atom. The number of aromatic nitrogens is 1. The molecule has 0 aliphatic heterocycles. The highest BCUT2D eigenvalue weighted by Crippen LogP contribution is 2.33. The van der Waals surface area contributed by atoms with Crippen LogP contribution in [0.5, 0.6) is 17.2 Å². The molecule has 3 aromatic rings. The van der Waals surface area contributed by atoms with Gasteiger partial charge in [0.2, 0.25) is 0 Å². The van der Waals surface area contributed by atoms with Crippen molar-refractivity contribution in [2.24, 2.45) is 0 Å². The van der Waals surface area contributed by atoms with Crippen molar-refractivity contribution in [3.8, 4) is 17.2 Å². The number of benzene rings is 2. The normalized spacial score (nSPS) is 10.4. The summed E-state index contributed by atoms with van der Waals surface area (Å²) in [7, 11) is 1.63. The van der Waals surface area contributed by atoms with Crippen LogP contribution in [0.4, 0.5) is 5.69 Å². The van der Waals surface area contributed by atoms with Gasteiger partial charge >= 0.3 is 0 Å². The number of pyridine rings is 1. The minimum Gasteiger partial charge on any atom is -0.494 e. The van der Waals surface area contributed by atoms with E-state index >= 15 is 0 Å². The van der Waals surface area contributed by atoms with Crippen LogP contribution in [0, 0.1) is 0 Å². The van der Waals surface area contributed by atoms with Crippen LogP contribution in [0.2, 0.25) is 0 Å². The van der Waals surface area contributed by atoms with Gasteiger partial charge in [-0.2, -0.15) is 0 Å². The van der Waals surface area contributed by atoms with E-state index in [1.165, 1.54) is 0 Å². The summed E-state index contributed by atoms with van der Waals surface area (Å²) in [6.07, 6.45) is 1.70. The molecule has 0 aliphatic rings. The minimum absolute atomic E-state index is 0.665. The van der Waals surface area contributed by atoms with Crippen LogP contribution in [0.3, 0.4) is 0 Å². The fraction of sp³-hybridized carbons (Fsp3) is 0.0625. The highest BCUT2D eigenvalue weighted by Gasteiger charge is 2.08. The van der Waals surface area contributed by atoms with Gasteiger partial charge in [-0.3, -0.25) is 4.98 Å². The number of ether oxygens (including phenoxy) is 2. The van der Waals surface area contributed by atoms with Crippen LogP contribution in [0.1, 0.15) is 0 Å². The number of para-hydroxylation sites is 1. The van der Waals surface area contributed by atoms with Gasteiger partial charge in [-0.05, 0) is 30.3 Å². The Balaban J connectivity index is 2.08. The Labute approximate surface area is 116 Å². The van der Waals surface area contributed by atoms with Crippen molar-refractivity contribution in [1.82, 2.24) is 4.98 Å².